The predicted octanol–water partition coefficient (Wildman–Crippen LogP) is 1.40. The Morgan fingerprint density at radius 3 is 2.68 bits per heavy atom. The van der Waals surface area contributed by atoms with Crippen molar-refractivity contribution in [3.05, 3.63) is 35.5 Å². The number of benzene rings is 1. The van der Waals surface area contributed by atoms with Crippen LogP contribution in [0.1, 0.15) is 11.3 Å². The lowest BCUT2D eigenvalue weighted by Gasteiger charge is -2.26. The topological polar surface area (TPSA) is 76.3 Å². The summed E-state index contributed by atoms with van der Waals surface area (Å²) in [5, 5.41) is 0.993. The molecule has 0 aliphatic carbocycles. The van der Waals surface area contributed by atoms with Crippen molar-refractivity contribution in [3.8, 4) is 0 Å². The maximum absolute atomic E-state index is 11.4. The van der Waals surface area contributed by atoms with Gasteiger partial charge in [0, 0.05) is 42.8 Å². The molecule has 1 saturated heterocycles. The number of aromatic nitrogens is 1. The number of nitrogen functional groups attached to an aromatic ring is 1. The van der Waals surface area contributed by atoms with Gasteiger partial charge in [-0.1, -0.05) is 11.6 Å². The SMILES string of the molecule is Cc1ccc2nc(CCN3CCS(=O)(=O)CC3)cc(N)c2c1. The van der Waals surface area contributed by atoms with Crippen LogP contribution >= 0.6 is 0 Å². The number of hydrogen-bond acceptors (Lipinski definition) is 5. The molecule has 2 heterocycles. The van der Waals surface area contributed by atoms with Gasteiger partial charge in [0.1, 0.15) is 0 Å². The molecule has 0 atom stereocenters. The summed E-state index contributed by atoms with van der Waals surface area (Å²) in [6.45, 7) is 4.09. The highest BCUT2D eigenvalue weighted by Crippen LogP contribution is 2.22. The third-order valence-electron chi connectivity index (χ3n) is 4.17. The number of rotatable bonds is 3. The number of aryl methyl sites for hydroxylation is 1. The Morgan fingerprint density at radius 1 is 1.23 bits per heavy atom. The summed E-state index contributed by atoms with van der Waals surface area (Å²) in [5.74, 6) is 0.527. The molecule has 1 aliphatic rings. The quantitative estimate of drug-likeness (QED) is 0.925. The second-order valence-corrected chi connectivity index (χ2v) is 8.27. The molecule has 118 valence electrons. The highest BCUT2D eigenvalue weighted by Gasteiger charge is 2.21. The van der Waals surface area contributed by atoms with Gasteiger partial charge in [-0.15, -0.1) is 0 Å². The fraction of sp³-hybridized carbons (Fsp3) is 0.438. The van der Waals surface area contributed by atoms with Crippen molar-refractivity contribution in [2.24, 2.45) is 0 Å². The molecular weight excluding hydrogens is 298 g/mol. The number of nitrogens with zero attached hydrogens (tertiary/aromatic N) is 2. The van der Waals surface area contributed by atoms with Gasteiger partial charge >= 0.3 is 0 Å². The fourth-order valence-corrected chi connectivity index (χ4v) is 4.07. The predicted molar refractivity (Wildman–Crippen MR) is 89.7 cm³/mol. The monoisotopic (exact) mass is 319 g/mol. The maximum Gasteiger partial charge on any atom is 0.152 e. The molecular formula is C16H21N3O2S. The highest BCUT2D eigenvalue weighted by atomic mass is 32.2. The first-order valence-corrected chi connectivity index (χ1v) is 9.34. The Labute approximate surface area is 131 Å². The van der Waals surface area contributed by atoms with Crippen LogP contribution in [0.3, 0.4) is 0 Å². The van der Waals surface area contributed by atoms with E-state index in [1.165, 1.54) is 5.56 Å². The van der Waals surface area contributed by atoms with Crippen LogP contribution < -0.4 is 5.73 Å². The third-order valence-corrected chi connectivity index (χ3v) is 5.78. The molecule has 0 radical (unpaired) electrons. The summed E-state index contributed by atoms with van der Waals surface area (Å²) >= 11 is 0. The average Bonchev–Trinajstić information content (AvgIpc) is 2.47. The van der Waals surface area contributed by atoms with Crippen molar-refractivity contribution < 1.29 is 8.42 Å². The lowest BCUT2D eigenvalue weighted by atomic mass is 10.1. The van der Waals surface area contributed by atoms with Gasteiger partial charge < -0.3 is 10.6 Å². The molecule has 5 nitrogen and oxygen atoms in total. The molecule has 1 fully saturated rings. The van der Waals surface area contributed by atoms with Crippen LogP contribution in [0.5, 0.6) is 0 Å². The molecule has 0 unspecified atom stereocenters. The number of nitrogens with two attached hydrogens (primary N) is 1. The number of sulfone groups is 1. The summed E-state index contributed by atoms with van der Waals surface area (Å²) in [6, 6.07) is 8.02. The van der Waals surface area contributed by atoms with E-state index in [1.54, 1.807) is 0 Å². The van der Waals surface area contributed by atoms with E-state index < -0.39 is 9.84 Å². The van der Waals surface area contributed by atoms with Gasteiger partial charge in [0.15, 0.2) is 9.84 Å². The van der Waals surface area contributed by atoms with E-state index in [4.69, 9.17) is 5.73 Å². The minimum absolute atomic E-state index is 0.263. The van der Waals surface area contributed by atoms with Gasteiger partial charge in [-0.2, -0.15) is 0 Å². The van der Waals surface area contributed by atoms with Gasteiger partial charge in [-0.25, -0.2) is 8.42 Å². The van der Waals surface area contributed by atoms with Crippen LogP contribution in [0, 0.1) is 6.92 Å². The average molecular weight is 319 g/mol. The Bertz CT molecular complexity index is 788. The van der Waals surface area contributed by atoms with Gasteiger partial charge in [0.05, 0.1) is 17.0 Å². The molecule has 3 rings (SSSR count). The molecule has 2 aromatic rings. The zero-order chi connectivity index (χ0) is 15.7. The highest BCUT2D eigenvalue weighted by molar-refractivity contribution is 7.91. The number of hydrogen-bond donors (Lipinski definition) is 1. The molecule has 2 N–H and O–H groups in total. The summed E-state index contributed by atoms with van der Waals surface area (Å²) < 4.78 is 22.9. The molecule has 0 saturated carbocycles. The Hall–Kier alpha value is -1.66. The maximum atomic E-state index is 11.4. The van der Waals surface area contributed by atoms with E-state index in [-0.39, 0.29) is 11.5 Å². The first kappa shape index (κ1) is 15.2. The van der Waals surface area contributed by atoms with Gasteiger partial charge in [-0.3, -0.25) is 4.98 Å². The lowest BCUT2D eigenvalue weighted by molar-refractivity contribution is 0.298. The Kier molecular flexibility index (Phi) is 4.06. The fourth-order valence-electron chi connectivity index (χ4n) is 2.80. The van der Waals surface area contributed by atoms with Crippen molar-refractivity contribution in [3.63, 3.8) is 0 Å². The van der Waals surface area contributed by atoms with Crippen molar-refractivity contribution in [2.45, 2.75) is 13.3 Å². The minimum atomic E-state index is -2.82. The zero-order valence-electron chi connectivity index (χ0n) is 12.7. The molecule has 1 aliphatic heterocycles. The molecule has 6 heteroatoms. The van der Waals surface area contributed by atoms with E-state index in [9.17, 15) is 8.42 Å². The van der Waals surface area contributed by atoms with Crippen LogP contribution in [0.2, 0.25) is 0 Å². The smallest absolute Gasteiger partial charge is 0.152 e. The van der Waals surface area contributed by atoms with Crippen molar-refractivity contribution in [2.75, 3.05) is 36.9 Å². The summed E-state index contributed by atoms with van der Waals surface area (Å²) in [6.07, 6.45) is 0.786. The first-order chi connectivity index (χ1) is 10.4. The van der Waals surface area contributed by atoms with Crippen molar-refractivity contribution >= 4 is 26.4 Å². The normalized spacial score (nSPS) is 18.6. The van der Waals surface area contributed by atoms with Crippen molar-refractivity contribution in [1.82, 2.24) is 9.88 Å². The molecule has 0 spiro atoms. The van der Waals surface area contributed by atoms with Crippen LogP contribution in [0.4, 0.5) is 5.69 Å². The van der Waals surface area contributed by atoms with E-state index in [2.05, 4.69) is 16.0 Å². The van der Waals surface area contributed by atoms with Crippen LogP contribution in [0.15, 0.2) is 24.3 Å². The Morgan fingerprint density at radius 2 is 1.95 bits per heavy atom. The number of anilines is 1. The third kappa shape index (κ3) is 3.39. The first-order valence-electron chi connectivity index (χ1n) is 7.51. The van der Waals surface area contributed by atoms with E-state index in [1.807, 2.05) is 25.1 Å². The summed E-state index contributed by atoms with van der Waals surface area (Å²) in [4.78, 5) is 6.84. The van der Waals surface area contributed by atoms with E-state index >= 15 is 0 Å². The van der Waals surface area contributed by atoms with Crippen LogP contribution in [-0.2, 0) is 16.3 Å². The molecule has 22 heavy (non-hydrogen) atoms. The van der Waals surface area contributed by atoms with Crippen LogP contribution in [0.25, 0.3) is 10.9 Å². The summed E-state index contributed by atoms with van der Waals surface area (Å²) in [5.41, 5.74) is 9.94. The molecule has 0 bridgehead atoms. The number of pyridine rings is 1. The largest absolute Gasteiger partial charge is 0.398 e. The standard InChI is InChI=1S/C16H21N3O2S/c1-12-2-3-16-14(10-12)15(17)11-13(18-16)4-5-19-6-8-22(20,21)9-7-19/h2-3,10-11H,4-9H2,1H3,(H2,17,18). The molecule has 1 aromatic carbocycles. The van der Waals surface area contributed by atoms with Gasteiger partial charge in [0.2, 0.25) is 0 Å². The zero-order valence-corrected chi connectivity index (χ0v) is 13.6. The second-order valence-electron chi connectivity index (χ2n) is 5.97. The molecule has 0 amide bonds. The van der Waals surface area contributed by atoms with E-state index in [0.717, 1.165) is 35.2 Å². The summed E-state index contributed by atoms with van der Waals surface area (Å²) in [7, 11) is -2.82. The van der Waals surface area contributed by atoms with Gasteiger partial charge in [0.25, 0.3) is 0 Å². The Balaban J connectivity index is 1.71. The second kappa shape index (κ2) is 5.85. The molecule has 1 aromatic heterocycles. The number of fused-ring (bicyclic) bond motifs is 1. The van der Waals surface area contributed by atoms with Crippen LogP contribution in [-0.4, -0.2) is 49.4 Å². The van der Waals surface area contributed by atoms with Gasteiger partial charge in [-0.05, 0) is 25.1 Å². The van der Waals surface area contributed by atoms with Crippen molar-refractivity contribution in [1.29, 1.82) is 0 Å². The van der Waals surface area contributed by atoms with E-state index in [0.29, 0.717) is 13.1 Å². The minimum Gasteiger partial charge on any atom is -0.398 e. The lowest BCUT2D eigenvalue weighted by Crippen LogP contribution is -2.41.